The molecule has 0 unspecified atom stereocenters. The minimum absolute atomic E-state index is 0.121. The molecule has 0 saturated heterocycles. The molecular weight excluding hydrogens is 340 g/mol. The van der Waals surface area contributed by atoms with Crippen molar-refractivity contribution in [2.24, 2.45) is 5.41 Å². The second kappa shape index (κ2) is 6.50. The Bertz CT molecular complexity index is 660. The lowest BCUT2D eigenvalue weighted by molar-refractivity contribution is 0.0935. The average molecular weight is 356 g/mol. The van der Waals surface area contributed by atoms with Crippen LogP contribution in [-0.2, 0) is 9.05 Å². The van der Waals surface area contributed by atoms with Crippen LogP contribution in [-0.4, -0.2) is 20.9 Å². The van der Waals surface area contributed by atoms with E-state index in [2.05, 4.69) is 5.32 Å². The molecule has 0 saturated carbocycles. The SMILES string of the molecule is CCC(C)(C)CNC(=O)c1cc(S(=O)(=O)Cl)c(F)cc1Cl. The van der Waals surface area contributed by atoms with Crippen molar-refractivity contribution in [1.82, 2.24) is 5.32 Å². The fourth-order valence-corrected chi connectivity index (χ4v) is 2.57. The minimum Gasteiger partial charge on any atom is -0.351 e. The van der Waals surface area contributed by atoms with Gasteiger partial charge >= 0.3 is 0 Å². The van der Waals surface area contributed by atoms with Crippen molar-refractivity contribution < 1.29 is 17.6 Å². The largest absolute Gasteiger partial charge is 0.351 e. The van der Waals surface area contributed by atoms with E-state index < -0.39 is 25.7 Å². The van der Waals surface area contributed by atoms with Crippen molar-refractivity contribution in [1.29, 1.82) is 0 Å². The number of nitrogens with one attached hydrogen (secondary N) is 1. The van der Waals surface area contributed by atoms with Crippen LogP contribution in [0.2, 0.25) is 5.02 Å². The van der Waals surface area contributed by atoms with Crippen LogP contribution in [0, 0.1) is 11.2 Å². The minimum atomic E-state index is -4.30. The van der Waals surface area contributed by atoms with Gasteiger partial charge in [-0.05, 0) is 24.0 Å². The fourth-order valence-electron chi connectivity index (χ4n) is 1.43. The molecule has 1 amide bonds. The maximum Gasteiger partial charge on any atom is 0.264 e. The van der Waals surface area contributed by atoms with E-state index >= 15 is 0 Å². The molecule has 8 heteroatoms. The molecule has 0 atom stereocenters. The molecule has 4 nitrogen and oxygen atoms in total. The number of amides is 1. The Morgan fingerprint density at radius 1 is 1.38 bits per heavy atom. The molecule has 1 aromatic carbocycles. The van der Waals surface area contributed by atoms with Gasteiger partial charge in [-0.3, -0.25) is 4.79 Å². The molecule has 0 aliphatic heterocycles. The molecule has 118 valence electrons. The summed E-state index contributed by atoms with van der Waals surface area (Å²) < 4.78 is 36.0. The van der Waals surface area contributed by atoms with Gasteiger partial charge in [0.1, 0.15) is 10.7 Å². The van der Waals surface area contributed by atoms with Crippen LogP contribution in [0.1, 0.15) is 37.6 Å². The van der Waals surface area contributed by atoms with Crippen molar-refractivity contribution in [3.05, 3.63) is 28.5 Å². The molecule has 0 aromatic heterocycles. The monoisotopic (exact) mass is 355 g/mol. The molecular formula is C13H16Cl2FNO3S. The topological polar surface area (TPSA) is 63.2 Å². The molecule has 1 N–H and O–H groups in total. The van der Waals surface area contributed by atoms with Crippen molar-refractivity contribution >= 4 is 37.2 Å². The molecule has 0 fully saturated rings. The summed E-state index contributed by atoms with van der Waals surface area (Å²) in [5.74, 6) is -1.68. The van der Waals surface area contributed by atoms with Gasteiger partial charge in [0, 0.05) is 17.2 Å². The van der Waals surface area contributed by atoms with Crippen LogP contribution >= 0.6 is 22.3 Å². The maximum absolute atomic E-state index is 13.5. The van der Waals surface area contributed by atoms with Crippen LogP contribution in [0.4, 0.5) is 4.39 Å². The molecule has 0 radical (unpaired) electrons. The number of carbonyl (C=O) groups excluding carboxylic acids is 1. The molecule has 1 rings (SSSR count). The van der Waals surface area contributed by atoms with E-state index in [1.807, 2.05) is 20.8 Å². The van der Waals surface area contributed by atoms with E-state index in [9.17, 15) is 17.6 Å². The molecule has 1 aromatic rings. The van der Waals surface area contributed by atoms with Crippen molar-refractivity contribution in [2.45, 2.75) is 32.1 Å². The van der Waals surface area contributed by atoms with Gasteiger partial charge in [0.05, 0.1) is 10.6 Å². The summed E-state index contributed by atoms with van der Waals surface area (Å²) in [4.78, 5) is 11.3. The summed E-state index contributed by atoms with van der Waals surface area (Å²) in [5.41, 5.74) is -0.256. The Balaban J connectivity index is 3.11. The van der Waals surface area contributed by atoms with E-state index in [1.54, 1.807) is 0 Å². The van der Waals surface area contributed by atoms with Gasteiger partial charge in [0.15, 0.2) is 0 Å². The normalized spacial score (nSPS) is 12.3. The summed E-state index contributed by atoms with van der Waals surface area (Å²) in [6, 6.07) is 1.60. The molecule has 0 heterocycles. The lowest BCUT2D eigenvalue weighted by atomic mass is 9.90. The van der Waals surface area contributed by atoms with Gasteiger partial charge < -0.3 is 5.32 Å². The van der Waals surface area contributed by atoms with Gasteiger partial charge in [-0.1, -0.05) is 32.4 Å². The van der Waals surface area contributed by atoms with Gasteiger partial charge in [0.25, 0.3) is 15.0 Å². The van der Waals surface area contributed by atoms with Crippen LogP contribution in [0.25, 0.3) is 0 Å². The van der Waals surface area contributed by atoms with Crippen molar-refractivity contribution in [3.63, 3.8) is 0 Å². The highest BCUT2D eigenvalue weighted by Crippen LogP contribution is 2.26. The van der Waals surface area contributed by atoms with E-state index in [4.69, 9.17) is 22.3 Å². The maximum atomic E-state index is 13.5. The zero-order valence-corrected chi connectivity index (χ0v) is 14.2. The highest BCUT2D eigenvalue weighted by molar-refractivity contribution is 8.13. The van der Waals surface area contributed by atoms with Crippen molar-refractivity contribution in [2.75, 3.05) is 6.54 Å². The summed E-state index contributed by atoms with van der Waals surface area (Å²) in [6.45, 7) is 6.29. The summed E-state index contributed by atoms with van der Waals surface area (Å²) in [7, 11) is 0.827. The number of carbonyl (C=O) groups is 1. The third-order valence-corrected chi connectivity index (χ3v) is 4.86. The van der Waals surface area contributed by atoms with Crippen LogP contribution < -0.4 is 5.32 Å². The number of halogens is 3. The first-order valence-corrected chi connectivity index (χ1v) is 8.88. The van der Waals surface area contributed by atoms with Crippen LogP contribution in [0.15, 0.2) is 17.0 Å². The lowest BCUT2D eigenvalue weighted by Crippen LogP contribution is -2.33. The molecule has 0 aliphatic carbocycles. The molecule has 0 bridgehead atoms. The average Bonchev–Trinajstić information content (AvgIpc) is 2.34. The quantitative estimate of drug-likeness (QED) is 0.821. The third-order valence-electron chi connectivity index (χ3n) is 3.21. The summed E-state index contributed by atoms with van der Waals surface area (Å²) in [5, 5.41) is 2.47. The van der Waals surface area contributed by atoms with E-state index in [0.717, 1.165) is 18.6 Å². The Kier molecular flexibility index (Phi) is 5.63. The number of benzene rings is 1. The first kappa shape index (κ1) is 18.2. The predicted molar refractivity (Wildman–Crippen MR) is 80.9 cm³/mol. The van der Waals surface area contributed by atoms with E-state index in [-0.39, 0.29) is 16.0 Å². The highest BCUT2D eigenvalue weighted by atomic mass is 35.7. The van der Waals surface area contributed by atoms with E-state index in [1.165, 1.54) is 0 Å². The Morgan fingerprint density at radius 2 is 1.95 bits per heavy atom. The second-order valence-electron chi connectivity index (χ2n) is 5.40. The van der Waals surface area contributed by atoms with Gasteiger partial charge in [0.2, 0.25) is 0 Å². The van der Waals surface area contributed by atoms with Gasteiger partial charge in [-0.25, -0.2) is 12.8 Å². The number of hydrogen-bond donors (Lipinski definition) is 1. The standard InChI is InChI=1S/C13H16Cl2FNO3S/c1-4-13(2,3)7-17-12(18)8-5-11(21(15,19)20)10(16)6-9(8)14/h5-6H,4,7H2,1-3H3,(H,17,18). The van der Waals surface area contributed by atoms with E-state index in [0.29, 0.717) is 6.54 Å². The highest BCUT2D eigenvalue weighted by Gasteiger charge is 2.23. The molecule has 0 aliphatic rings. The smallest absolute Gasteiger partial charge is 0.264 e. The number of rotatable bonds is 5. The van der Waals surface area contributed by atoms with Gasteiger partial charge in [-0.15, -0.1) is 0 Å². The lowest BCUT2D eigenvalue weighted by Gasteiger charge is -2.23. The molecule has 21 heavy (non-hydrogen) atoms. The van der Waals surface area contributed by atoms with Crippen molar-refractivity contribution in [3.8, 4) is 0 Å². The van der Waals surface area contributed by atoms with Gasteiger partial charge in [-0.2, -0.15) is 0 Å². The van der Waals surface area contributed by atoms with Crippen LogP contribution in [0.3, 0.4) is 0 Å². The molecule has 0 spiro atoms. The number of hydrogen-bond acceptors (Lipinski definition) is 3. The summed E-state index contributed by atoms with van der Waals surface area (Å²) in [6.07, 6.45) is 0.839. The first-order valence-electron chi connectivity index (χ1n) is 6.20. The Labute approximate surface area is 133 Å². The third kappa shape index (κ3) is 4.83. The predicted octanol–water partition coefficient (Wildman–Crippen LogP) is 3.57. The summed E-state index contributed by atoms with van der Waals surface area (Å²) >= 11 is 5.79. The zero-order chi connectivity index (χ0) is 16.4. The van der Waals surface area contributed by atoms with Crippen LogP contribution in [0.5, 0.6) is 0 Å². The fraction of sp³-hybridized carbons (Fsp3) is 0.462. The second-order valence-corrected chi connectivity index (χ2v) is 8.34. The Morgan fingerprint density at radius 3 is 2.43 bits per heavy atom. The zero-order valence-electron chi connectivity index (χ0n) is 11.8. The Hall–Kier alpha value is -0.850. The first-order chi connectivity index (χ1) is 9.48.